The minimum Gasteiger partial charge on any atom is -0.493 e. The Bertz CT molecular complexity index is 390. The van der Waals surface area contributed by atoms with Crippen molar-refractivity contribution in [1.82, 2.24) is 5.32 Å². The molecule has 0 unspecified atom stereocenters. The van der Waals surface area contributed by atoms with Crippen LogP contribution < -0.4 is 10.1 Å². The molecule has 18 heavy (non-hydrogen) atoms. The van der Waals surface area contributed by atoms with Crippen molar-refractivity contribution in [2.45, 2.75) is 33.2 Å². The Morgan fingerprint density at radius 2 is 2.22 bits per heavy atom. The first-order valence-corrected chi connectivity index (χ1v) is 6.39. The molecule has 0 aliphatic rings. The van der Waals surface area contributed by atoms with Crippen molar-refractivity contribution < 1.29 is 9.13 Å². The number of hydrogen-bond acceptors (Lipinski definition) is 2. The Balaban J connectivity index is 2.60. The van der Waals surface area contributed by atoms with Gasteiger partial charge >= 0.3 is 0 Å². The second-order valence-electron chi connectivity index (χ2n) is 4.48. The summed E-state index contributed by atoms with van der Waals surface area (Å²) >= 11 is 0. The van der Waals surface area contributed by atoms with E-state index in [0.717, 1.165) is 36.3 Å². The van der Waals surface area contributed by atoms with Crippen molar-refractivity contribution >= 4 is 0 Å². The van der Waals surface area contributed by atoms with Crippen LogP contribution in [0.2, 0.25) is 0 Å². The monoisotopic (exact) mass is 251 g/mol. The van der Waals surface area contributed by atoms with Gasteiger partial charge in [0.1, 0.15) is 11.6 Å². The summed E-state index contributed by atoms with van der Waals surface area (Å²) in [5.74, 6) is 0.525. The molecule has 0 saturated heterocycles. The van der Waals surface area contributed by atoms with Gasteiger partial charge in [0.05, 0.1) is 6.61 Å². The van der Waals surface area contributed by atoms with Gasteiger partial charge in [-0.15, -0.1) is 6.58 Å². The van der Waals surface area contributed by atoms with Gasteiger partial charge in [0.25, 0.3) is 0 Å². The molecule has 1 rings (SSSR count). The number of hydrogen-bond donors (Lipinski definition) is 1. The van der Waals surface area contributed by atoms with E-state index in [-0.39, 0.29) is 5.82 Å². The smallest absolute Gasteiger partial charge is 0.123 e. The maximum atomic E-state index is 13.2. The van der Waals surface area contributed by atoms with E-state index in [1.165, 1.54) is 12.1 Å². The van der Waals surface area contributed by atoms with E-state index in [2.05, 4.69) is 18.8 Å². The molecule has 0 fully saturated rings. The van der Waals surface area contributed by atoms with Crippen molar-refractivity contribution in [3.63, 3.8) is 0 Å². The highest BCUT2D eigenvalue weighted by Gasteiger charge is 2.05. The van der Waals surface area contributed by atoms with Gasteiger partial charge in [-0.25, -0.2) is 4.39 Å². The van der Waals surface area contributed by atoms with Gasteiger partial charge < -0.3 is 10.1 Å². The highest BCUT2D eigenvalue weighted by Crippen LogP contribution is 2.20. The minimum absolute atomic E-state index is 0.226. The Hall–Kier alpha value is -1.35. The molecule has 0 atom stereocenters. The summed E-state index contributed by atoms with van der Waals surface area (Å²) in [6.45, 7) is 10.0. The van der Waals surface area contributed by atoms with Gasteiger partial charge in [0, 0.05) is 18.5 Å². The average Bonchev–Trinajstić information content (AvgIpc) is 2.32. The largest absolute Gasteiger partial charge is 0.493 e. The number of benzene rings is 1. The molecule has 0 aliphatic heterocycles. The maximum Gasteiger partial charge on any atom is 0.123 e. The molecule has 0 amide bonds. The minimum atomic E-state index is -0.226. The fourth-order valence-electron chi connectivity index (χ4n) is 1.56. The van der Waals surface area contributed by atoms with Crippen LogP contribution in [0, 0.1) is 5.82 Å². The van der Waals surface area contributed by atoms with Crippen LogP contribution in [0.5, 0.6) is 5.75 Å². The van der Waals surface area contributed by atoms with Crippen LogP contribution in [0.15, 0.2) is 30.4 Å². The zero-order chi connectivity index (χ0) is 13.4. The molecule has 0 spiro atoms. The van der Waals surface area contributed by atoms with E-state index >= 15 is 0 Å². The van der Waals surface area contributed by atoms with Crippen LogP contribution in [0.1, 0.15) is 32.3 Å². The van der Waals surface area contributed by atoms with Crippen LogP contribution in [0.25, 0.3) is 0 Å². The standard InChI is InChI=1S/C15H22FNO/c1-4-8-17-11-13-10-14(16)5-6-15(13)18-9-7-12(2)3/h5-6,10,17H,2,4,7-9,11H2,1,3H3. The van der Waals surface area contributed by atoms with E-state index in [9.17, 15) is 4.39 Å². The van der Waals surface area contributed by atoms with E-state index in [0.29, 0.717) is 13.2 Å². The lowest BCUT2D eigenvalue weighted by molar-refractivity contribution is 0.317. The highest BCUT2D eigenvalue weighted by atomic mass is 19.1. The zero-order valence-corrected chi connectivity index (χ0v) is 11.3. The van der Waals surface area contributed by atoms with Crippen LogP contribution in [-0.4, -0.2) is 13.2 Å². The normalized spacial score (nSPS) is 10.4. The Morgan fingerprint density at radius 1 is 1.44 bits per heavy atom. The summed E-state index contributed by atoms with van der Waals surface area (Å²) in [5.41, 5.74) is 1.95. The lowest BCUT2D eigenvalue weighted by atomic mass is 10.2. The number of ether oxygens (including phenoxy) is 1. The van der Waals surface area contributed by atoms with Crippen molar-refractivity contribution in [2.24, 2.45) is 0 Å². The molecule has 0 bridgehead atoms. The van der Waals surface area contributed by atoms with Gasteiger partial charge in [0.15, 0.2) is 0 Å². The molecule has 100 valence electrons. The predicted octanol–water partition coefficient (Wildman–Crippen LogP) is 3.67. The third-order valence-corrected chi connectivity index (χ3v) is 2.55. The van der Waals surface area contributed by atoms with E-state index in [1.54, 1.807) is 6.07 Å². The molecule has 1 aromatic carbocycles. The summed E-state index contributed by atoms with van der Waals surface area (Å²) in [6, 6.07) is 4.65. The molecule has 2 nitrogen and oxygen atoms in total. The summed E-state index contributed by atoms with van der Waals surface area (Å²) < 4.78 is 18.9. The molecule has 0 aliphatic carbocycles. The molecular weight excluding hydrogens is 229 g/mol. The van der Waals surface area contributed by atoms with Crippen LogP contribution in [0.4, 0.5) is 4.39 Å². The third-order valence-electron chi connectivity index (χ3n) is 2.55. The molecule has 1 aromatic rings. The number of halogens is 1. The molecule has 3 heteroatoms. The fraction of sp³-hybridized carbons (Fsp3) is 0.467. The maximum absolute atomic E-state index is 13.2. The first-order chi connectivity index (χ1) is 8.63. The first-order valence-electron chi connectivity index (χ1n) is 6.39. The number of rotatable bonds is 8. The second kappa shape index (κ2) is 7.88. The van der Waals surface area contributed by atoms with E-state index in [4.69, 9.17) is 4.74 Å². The first kappa shape index (κ1) is 14.7. The van der Waals surface area contributed by atoms with Crippen LogP contribution in [0.3, 0.4) is 0 Å². The second-order valence-corrected chi connectivity index (χ2v) is 4.48. The predicted molar refractivity (Wildman–Crippen MR) is 73.3 cm³/mol. The van der Waals surface area contributed by atoms with Crippen molar-refractivity contribution in [2.75, 3.05) is 13.2 Å². The SMILES string of the molecule is C=C(C)CCOc1ccc(F)cc1CNCCC. The molecule has 0 heterocycles. The summed E-state index contributed by atoms with van der Waals surface area (Å²) in [4.78, 5) is 0. The van der Waals surface area contributed by atoms with Gasteiger partial charge in [-0.1, -0.05) is 12.5 Å². The van der Waals surface area contributed by atoms with Crippen molar-refractivity contribution in [3.05, 3.63) is 41.7 Å². The topological polar surface area (TPSA) is 21.3 Å². The van der Waals surface area contributed by atoms with Crippen molar-refractivity contribution in [1.29, 1.82) is 0 Å². The van der Waals surface area contributed by atoms with E-state index in [1.807, 2.05) is 6.92 Å². The fourth-order valence-corrected chi connectivity index (χ4v) is 1.56. The quantitative estimate of drug-likeness (QED) is 0.562. The summed E-state index contributed by atoms with van der Waals surface area (Å²) in [5, 5.41) is 3.25. The Kier molecular flexibility index (Phi) is 6.44. The molecular formula is C15H22FNO. The zero-order valence-electron chi connectivity index (χ0n) is 11.3. The lowest BCUT2D eigenvalue weighted by Gasteiger charge is -2.12. The third kappa shape index (κ3) is 5.32. The van der Waals surface area contributed by atoms with Gasteiger partial charge in [-0.05, 0) is 38.1 Å². The van der Waals surface area contributed by atoms with E-state index < -0.39 is 0 Å². The summed E-state index contributed by atoms with van der Waals surface area (Å²) in [6.07, 6.45) is 1.88. The van der Waals surface area contributed by atoms with Gasteiger partial charge in [-0.3, -0.25) is 0 Å². The Labute approximate surface area is 109 Å². The van der Waals surface area contributed by atoms with Gasteiger partial charge in [0.2, 0.25) is 0 Å². The average molecular weight is 251 g/mol. The Morgan fingerprint density at radius 3 is 2.89 bits per heavy atom. The van der Waals surface area contributed by atoms with Crippen molar-refractivity contribution in [3.8, 4) is 5.75 Å². The van der Waals surface area contributed by atoms with Crippen LogP contribution in [-0.2, 0) is 6.54 Å². The van der Waals surface area contributed by atoms with Crippen LogP contribution >= 0.6 is 0 Å². The lowest BCUT2D eigenvalue weighted by Crippen LogP contribution is -2.15. The molecule has 0 radical (unpaired) electrons. The highest BCUT2D eigenvalue weighted by molar-refractivity contribution is 5.34. The van der Waals surface area contributed by atoms with Gasteiger partial charge in [-0.2, -0.15) is 0 Å². The number of nitrogens with one attached hydrogen (secondary N) is 1. The molecule has 0 aromatic heterocycles. The molecule has 0 saturated carbocycles. The molecule has 1 N–H and O–H groups in total. The summed E-state index contributed by atoms with van der Waals surface area (Å²) in [7, 11) is 0.